The van der Waals surface area contributed by atoms with Crippen LogP contribution < -0.4 is 10.2 Å². The van der Waals surface area contributed by atoms with Crippen molar-refractivity contribution in [3.8, 4) is 0 Å². The topological polar surface area (TPSA) is 18.5 Å². The Labute approximate surface area is 117 Å². The smallest absolute Gasteiger partial charge is 0.0429 e. The van der Waals surface area contributed by atoms with Gasteiger partial charge in [-0.2, -0.15) is 0 Å². The molecule has 1 aliphatic rings. The van der Waals surface area contributed by atoms with Crippen molar-refractivity contribution in [1.82, 2.24) is 10.2 Å². The summed E-state index contributed by atoms with van der Waals surface area (Å²) >= 11 is 0. The summed E-state index contributed by atoms with van der Waals surface area (Å²) in [5.74, 6) is 0. The molecule has 1 heterocycles. The predicted octanol–water partition coefficient (Wildman–Crippen LogP) is 2.12. The number of rotatable bonds is 4. The second-order valence-corrected chi connectivity index (χ2v) is 5.69. The first-order valence-electron chi connectivity index (χ1n) is 7.37. The molecule has 1 unspecified atom stereocenters. The Balaban J connectivity index is 2.17. The first kappa shape index (κ1) is 14.4. The van der Waals surface area contributed by atoms with Gasteiger partial charge in [-0.05, 0) is 64.6 Å². The SMILES string of the molecule is CNCCC1CN(C)CCCN1c1cccc(C)c1. The number of likely N-dealkylation sites (N-methyl/N-ethyl adjacent to an activating group) is 1. The van der Waals surface area contributed by atoms with Gasteiger partial charge in [0.25, 0.3) is 0 Å². The zero-order valence-corrected chi connectivity index (χ0v) is 12.5. The Morgan fingerprint density at radius 3 is 2.89 bits per heavy atom. The van der Waals surface area contributed by atoms with Gasteiger partial charge < -0.3 is 15.1 Å². The Kier molecular flexibility index (Phi) is 5.23. The van der Waals surface area contributed by atoms with E-state index in [9.17, 15) is 0 Å². The van der Waals surface area contributed by atoms with E-state index in [-0.39, 0.29) is 0 Å². The Morgan fingerprint density at radius 1 is 1.32 bits per heavy atom. The zero-order chi connectivity index (χ0) is 13.7. The summed E-state index contributed by atoms with van der Waals surface area (Å²) in [5, 5.41) is 3.29. The minimum Gasteiger partial charge on any atom is -0.367 e. The Bertz CT molecular complexity index is 391. The molecule has 2 rings (SSSR count). The molecule has 1 N–H and O–H groups in total. The van der Waals surface area contributed by atoms with Crippen LogP contribution in [0.3, 0.4) is 0 Å². The molecule has 3 heteroatoms. The fraction of sp³-hybridized carbons (Fsp3) is 0.625. The molecule has 1 aliphatic heterocycles. The first-order chi connectivity index (χ1) is 9.20. The van der Waals surface area contributed by atoms with Gasteiger partial charge in [0, 0.05) is 24.8 Å². The van der Waals surface area contributed by atoms with Crippen molar-refractivity contribution in [3.63, 3.8) is 0 Å². The van der Waals surface area contributed by atoms with Gasteiger partial charge in [0.05, 0.1) is 0 Å². The second-order valence-electron chi connectivity index (χ2n) is 5.69. The summed E-state index contributed by atoms with van der Waals surface area (Å²) in [4.78, 5) is 5.07. The van der Waals surface area contributed by atoms with Crippen LogP contribution in [0.15, 0.2) is 24.3 Å². The monoisotopic (exact) mass is 261 g/mol. The number of hydrogen-bond donors (Lipinski definition) is 1. The molecule has 0 bridgehead atoms. The highest BCUT2D eigenvalue weighted by atomic mass is 15.2. The van der Waals surface area contributed by atoms with Crippen LogP contribution in [-0.4, -0.2) is 51.2 Å². The van der Waals surface area contributed by atoms with E-state index in [0.29, 0.717) is 6.04 Å². The third-order valence-corrected chi connectivity index (χ3v) is 3.96. The van der Waals surface area contributed by atoms with Crippen molar-refractivity contribution in [2.45, 2.75) is 25.8 Å². The maximum absolute atomic E-state index is 3.29. The molecule has 1 atom stereocenters. The number of benzene rings is 1. The molecule has 0 spiro atoms. The lowest BCUT2D eigenvalue weighted by molar-refractivity contribution is 0.324. The van der Waals surface area contributed by atoms with E-state index in [1.165, 1.54) is 37.2 Å². The van der Waals surface area contributed by atoms with Gasteiger partial charge in [-0.1, -0.05) is 12.1 Å². The molecule has 0 aromatic heterocycles. The third kappa shape index (κ3) is 3.95. The van der Waals surface area contributed by atoms with Crippen molar-refractivity contribution in [3.05, 3.63) is 29.8 Å². The number of nitrogens with zero attached hydrogens (tertiary/aromatic N) is 2. The number of nitrogens with one attached hydrogen (secondary N) is 1. The maximum atomic E-state index is 3.29. The van der Waals surface area contributed by atoms with Crippen molar-refractivity contribution in [2.24, 2.45) is 0 Å². The molecule has 1 aromatic carbocycles. The molecular weight excluding hydrogens is 234 g/mol. The summed E-state index contributed by atoms with van der Waals surface area (Å²) in [6, 6.07) is 9.54. The van der Waals surface area contributed by atoms with E-state index in [1.54, 1.807) is 0 Å². The van der Waals surface area contributed by atoms with Gasteiger partial charge in [-0.3, -0.25) is 0 Å². The van der Waals surface area contributed by atoms with Crippen LogP contribution >= 0.6 is 0 Å². The summed E-state index contributed by atoms with van der Waals surface area (Å²) in [5.41, 5.74) is 2.74. The van der Waals surface area contributed by atoms with E-state index < -0.39 is 0 Å². The normalized spacial score (nSPS) is 21.4. The highest BCUT2D eigenvalue weighted by Gasteiger charge is 2.23. The first-order valence-corrected chi connectivity index (χ1v) is 7.37. The minimum atomic E-state index is 0.613. The molecule has 0 radical (unpaired) electrons. The highest BCUT2D eigenvalue weighted by Crippen LogP contribution is 2.22. The van der Waals surface area contributed by atoms with Crippen LogP contribution in [0.1, 0.15) is 18.4 Å². The highest BCUT2D eigenvalue weighted by molar-refractivity contribution is 5.49. The fourth-order valence-corrected chi connectivity index (χ4v) is 2.95. The summed E-state index contributed by atoms with van der Waals surface area (Å²) < 4.78 is 0. The fourth-order valence-electron chi connectivity index (χ4n) is 2.95. The number of hydrogen-bond acceptors (Lipinski definition) is 3. The molecule has 106 valence electrons. The van der Waals surface area contributed by atoms with Gasteiger partial charge in [-0.15, -0.1) is 0 Å². The summed E-state index contributed by atoms with van der Waals surface area (Å²) in [6.45, 7) is 6.80. The number of anilines is 1. The minimum absolute atomic E-state index is 0.613. The predicted molar refractivity (Wildman–Crippen MR) is 83.0 cm³/mol. The molecular formula is C16H27N3. The average molecular weight is 261 g/mol. The molecule has 0 aliphatic carbocycles. The van der Waals surface area contributed by atoms with E-state index in [0.717, 1.165) is 13.1 Å². The zero-order valence-electron chi connectivity index (χ0n) is 12.5. The van der Waals surface area contributed by atoms with Crippen LogP contribution in [0, 0.1) is 6.92 Å². The maximum Gasteiger partial charge on any atom is 0.0429 e. The van der Waals surface area contributed by atoms with Gasteiger partial charge in [0.2, 0.25) is 0 Å². The lowest BCUT2D eigenvalue weighted by Gasteiger charge is -2.33. The van der Waals surface area contributed by atoms with E-state index in [2.05, 4.69) is 53.4 Å². The largest absolute Gasteiger partial charge is 0.367 e. The lowest BCUT2D eigenvalue weighted by atomic mass is 10.1. The van der Waals surface area contributed by atoms with Crippen LogP contribution in [0.4, 0.5) is 5.69 Å². The van der Waals surface area contributed by atoms with Crippen LogP contribution in [0.2, 0.25) is 0 Å². The van der Waals surface area contributed by atoms with Crippen molar-refractivity contribution in [2.75, 3.05) is 45.2 Å². The van der Waals surface area contributed by atoms with Gasteiger partial charge >= 0.3 is 0 Å². The quantitative estimate of drug-likeness (QED) is 0.895. The van der Waals surface area contributed by atoms with Crippen molar-refractivity contribution < 1.29 is 0 Å². The average Bonchev–Trinajstić information content (AvgIpc) is 2.58. The van der Waals surface area contributed by atoms with Crippen molar-refractivity contribution >= 4 is 5.69 Å². The summed E-state index contributed by atoms with van der Waals surface area (Å²) in [6.07, 6.45) is 2.45. The Hall–Kier alpha value is -1.06. The van der Waals surface area contributed by atoms with E-state index in [4.69, 9.17) is 0 Å². The molecule has 3 nitrogen and oxygen atoms in total. The van der Waals surface area contributed by atoms with E-state index >= 15 is 0 Å². The Morgan fingerprint density at radius 2 is 2.16 bits per heavy atom. The van der Waals surface area contributed by atoms with Crippen molar-refractivity contribution in [1.29, 1.82) is 0 Å². The van der Waals surface area contributed by atoms with Gasteiger partial charge in [0.1, 0.15) is 0 Å². The van der Waals surface area contributed by atoms with Gasteiger partial charge in [-0.25, -0.2) is 0 Å². The van der Waals surface area contributed by atoms with Crippen LogP contribution in [0.5, 0.6) is 0 Å². The third-order valence-electron chi connectivity index (χ3n) is 3.96. The molecule has 0 amide bonds. The molecule has 1 aromatic rings. The summed E-state index contributed by atoms with van der Waals surface area (Å²) in [7, 11) is 4.28. The van der Waals surface area contributed by atoms with Crippen LogP contribution in [-0.2, 0) is 0 Å². The standard InChI is InChI=1S/C16H27N3/c1-14-6-4-7-15(12-14)19-11-5-10-18(3)13-16(19)8-9-17-2/h4,6-7,12,16-17H,5,8-11,13H2,1-3H3. The second kappa shape index (κ2) is 6.92. The van der Waals surface area contributed by atoms with Gasteiger partial charge in [0.15, 0.2) is 0 Å². The molecule has 1 fully saturated rings. The van der Waals surface area contributed by atoms with E-state index in [1.807, 2.05) is 7.05 Å². The lowest BCUT2D eigenvalue weighted by Crippen LogP contribution is -2.41. The molecule has 0 saturated carbocycles. The molecule has 1 saturated heterocycles. The molecule has 19 heavy (non-hydrogen) atoms. The number of aryl methyl sites for hydroxylation is 1. The van der Waals surface area contributed by atoms with Crippen LogP contribution in [0.25, 0.3) is 0 Å².